The highest BCUT2D eigenvalue weighted by molar-refractivity contribution is 5.03. The van der Waals surface area contributed by atoms with Crippen molar-refractivity contribution in [1.29, 1.82) is 0 Å². The topological polar surface area (TPSA) is 61.7 Å². The number of hydrogen-bond donors (Lipinski definition) is 1. The Balaban J connectivity index is 1.43. The highest BCUT2D eigenvalue weighted by Crippen LogP contribution is 2.26. The molecule has 0 aromatic carbocycles. The van der Waals surface area contributed by atoms with Gasteiger partial charge in [0.15, 0.2) is 0 Å². The van der Waals surface area contributed by atoms with Crippen molar-refractivity contribution in [3.63, 3.8) is 0 Å². The summed E-state index contributed by atoms with van der Waals surface area (Å²) < 4.78 is 5.37. The lowest BCUT2D eigenvalue weighted by molar-refractivity contribution is -0.0829. The third kappa shape index (κ3) is 5.71. The van der Waals surface area contributed by atoms with Gasteiger partial charge in [-0.05, 0) is 52.4 Å². The van der Waals surface area contributed by atoms with Crippen LogP contribution in [0.5, 0.6) is 0 Å². The summed E-state index contributed by atoms with van der Waals surface area (Å²) in [5.41, 5.74) is 1.58. The molecule has 2 saturated heterocycles. The monoisotopic (exact) mass is 348 g/mol. The maximum absolute atomic E-state index is 10.7. The zero-order chi connectivity index (χ0) is 17.7. The molecule has 0 aliphatic carbocycles. The molecule has 1 N–H and O–H groups in total. The van der Waals surface area contributed by atoms with Gasteiger partial charge in [-0.2, -0.15) is 0 Å². The molecule has 6 heteroatoms. The molecule has 2 aliphatic rings. The van der Waals surface area contributed by atoms with Crippen molar-refractivity contribution in [2.24, 2.45) is 5.92 Å². The van der Waals surface area contributed by atoms with Gasteiger partial charge in [-0.1, -0.05) is 0 Å². The van der Waals surface area contributed by atoms with E-state index < -0.39 is 5.60 Å². The summed E-state index contributed by atoms with van der Waals surface area (Å²) in [5, 5.41) is 10.7. The summed E-state index contributed by atoms with van der Waals surface area (Å²) in [6, 6.07) is 0. The van der Waals surface area contributed by atoms with E-state index in [1.54, 1.807) is 0 Å². The van der Waals surface area contributed by atoms with Crippen molar-refractivity contribution in [2.45, 2.75) is 44.2 Å². The summed E-state index contributed by atoms with van der Waals surface area (Å²) in [7, 11) is 4.08. The molecule has 3 heterocycles. The number of nitrogens with zero attached hydrogens (tertiary/aromatic N) is 4. The Morgan fingerprint density at radius 1 is 1.16 bits per heavy atom. The van der Waals surface area contributed by atoms with Crippen molar-refractivity contribution in [1.82, 2.24) is 19.8 Å². The number of hydrogen-bond acceptors (Lipinski definition) is 6. The Bertz CT molecular complexity index is 521. The molecule has 1 aromatic heterocycles. The van der Waals surface area contributed by atoms with Crippen LogP contribution in [0.1, 0.15) is 37.1 Å². The number of likely N-dealkylation sites (tertiary alicyclic amines) is 1. The van der Waals surface area contributed by atoms with Crippen LogP contribution in [0.15, 0.2) is 12.4 Å². The number of β-amino-alcohol motifs (C(OH)–C–C–N with tert-alkyl or cyclic N) is 1. The highest BCUT2D eigenvalue weighted by atomic mass is 16.5. The molecule has 6 nitrogen and oxygen atoms in total. The number of rotatable bonds is 6. The minimum absolute atomic E-state index is 0.543. The van der Waals surface area contributed by atoms with Crippen molar-refractivity contribution >= 4 is 0 Å². The largest absolute Gasteiger partial charge is 0.388 e. The van der Waals surface area contributed by atoms with Gasteiger partial charge in [0.05, 0.1) is 23.2 Å². The fourth-order valence-electron chi connectivity index (χ4n) is 3.86. The second-order valence-corrected chi connectivity index (χ2v) is 8.00. The van der Waals surface area contributed by atoms with Crippen molar-refractivity contribution in [3.8, 4) is 0 Å². The first-order valence-corrected chi connectivity index (χ1v) is 9.49. The Morgan fingerprint density at radius 2 is 1.80 bits per heavy atom. The summed E-state index contributed by atoms with van der Waals surface area (Å²) in [5.74, 6) is 0.676. The molecular formula is C19H32N4O2. The molecule has 2 fully saturated rings. The van der Waals surface area contributed by atoms with Gasteiger partial charge in [0.1, 0.15) is 0 Å². The molecule has 3 rings (SSSR count). The van der Waals surface area contributed by atoms with Crippen LogP contribution >= 0.6 is 0 Å². The van der Waals surface area contributed by atoms with Crippen LogP contribution in [-0.4, -0.2) is 77.4 Å². The predicted molar refractivity (Wildman–Crippen MR) is 97.3 cm³/mol. The molecule has 2 aliphatic heterocycles. The SMILES string of the molecule is CN(C)Cc1cnc(CC2CCN(CC3(O)CCOCC3)CC2)cn1. The fourth-order valence-corrected chi connectivity index (χ4v) is 3.86. The van der Waals surface area contributed by atoms with E-state index in [4.69, 9.17) is 4.74 Å². The third-order valence-electron chi connectivity index (χ3n) is 5.38. The number of ether oxygens (including phenoxy) is 1. The molecule has 0 unspecified atom stereocenters. The van der Waals surface area contributed by atoms with E-state index in [1.807, 2.05) is 26.5 Å². The van der Waals surface area contributed by atoms with E-state index in [-0.39, 0.29) is 0 Å². The maximum Gasteiger partial charge on any atom is 0.0817 e. The number of aliphatic hydroxyl groups is 1. The molecule has 0 radical (unpaired) electrons. The zero-order valence-corrected chi connectivity index (χ0v) is 15.7. The molecule has 0 spiro atoms. The normalized spacial score (nSPS) is 22.4. The van der Waals surface area contributed by atoms with Crippen LogP contribution in [0.25, 0.3) is 0 Å². The van der Waals surface area contributed by atoms with Crippen molar-refractivity contribution in [2.75, 3.05) is 46.9 Å². The van der Waals surface area contributed by atoms with Gasteiger partial charge in [-0.15, -0.1) is 0 Å². The van der Waals surface area contributed by atoms with Gasteiger partial charge in [-0.25, -0.2) is 0 Å². The first-order chi connectivity index (χ1) is 12.0. The van der Waals surface area contributed by atoms with E-state index >= 15 is 0 Å². The van der Waals surface area contributed by atoms with Crippen LogP contribution in [-0.2, 0) is 17.7 Å². The van der Waals surface area contributed by atoms with Gasteiger partial charge in [0.25, 0.3) is 0 Å². The smallest absolute Gasteiger partial charge is 0.0817 e. The summed E-state index contributed by atoms with van der Waals surface area (Å²) in [6.45, 7) is 5.15. The van der Waals surface area contributed by atoms with Crippen molar-refractivity contribution in [3.05, 3.63) is 23.8 Å². The van der Waals surface area contributed by atoms with E-state index in [2.05, 4.69) is 19.8 Å². The Kier molecular flexibility index (Phi) is 6.39. The third-order valence-corrected chi connectivity index (χ3v) is 5.38. The standard InChI is InChI=1S/C19H32N4O2/c1-22(2)14-18-13-20-17(12-21-18)11-16-3-7-23(8-4-16)15-19(24)5-9-25-10-6-19/h12-13,16,24H,3-11,14-15H2,1-2H3. The molecule has 0 atom stereocenters. The lowest BCUT2D eigenvalue weighted by Gasteiger charge is -2.39. The summed E-state index contributed by atoms with van der Waals surface area (Å²) in [6.07, 6.45) is 8.74. The second kappa shape index (κ2) is 8.54. The number of piperidine rings is 1. The lowest BCUT2D eigenvalue weighted by atomic mass is 9.89. The average molecular weight is 348 g/mol. The Labute approximate surface area is 151 Å². The van der Waals surface area contributed by atoms with Crippen LogP contribution < -0.4 is 0 Å². The van der Waals surface area contributed by atoms with Crippen LogP contribution in [0.2, 0.25) is 0 Å². The zero-order valence-electron chi connectivity index (χ0n) is 15.7. The maximum atomic E-state index is 10.7. The van der Waals surface area contributed by atoms with E-state index in [0.29, 0.717) is 19.1 Å². The van der Waals surface area contributed by atoms with Gasteiger partial charge in [0, 0.05) is 45.3 Å². The summed E-state index contributed by atoms with van der Waals surface area (Å²) in [4.78, 5) is 13.6. The fraction of sp³-hybridized carbons (Fsp3) is 0.789. The molecule has 0 saturated carbocycles. The minimum Gasteiger partial charge on any atom is -0.388 e. The molecule has 25 heavy (non-hydrogen) atoms. The molecule has 1 aromatic rings. The van der Waals surface area contributed by atoms with E-state index in [0.717, 1.165) is 56.8 Å². The minimum atomic E-state index is -0.543. The predicted octanol–water partition coefficient (Wildman–Crippen LogP) is 1.33. The number of aromatic nitrogens is 2. The molecule has 140 valence electrons. The van der Waals surface area contributed by atoms with Crippen LogP contribution in [0.4, 0.5) is 0 Å². The quantitative estimate of drug-likeness (QED) is 0.837. The first kappa shape index (κ1) is 18.7. The summed E-state index contributed by atoms with van der Waals surface area (Å²) >= 11 is 0. The average Bonchev–Trinajstić information content (AvgIpc) is 2.58. The van der Waals surface area contributed by atoms with Gasteiger partial charge < -0.3 is 19.6 Å². The van der Waals surface area contributed by atoms with E-state index in [9.17, 15) is 5.11 Å². The van der Waals surface area contributed by atoms with Crippen LogP contribution in [0.3, 0.4) is 0 Å². The lowest BCUT2D eigenvalue weighted by Crippen LogP contribution is -2.49. The molecular weight excluding hydrogens is 316 g/mol. The van der Waals surface area contributed by atoms with Gasteiger partial charge in [0.2, 0.25) is 0 Å². The van der Waals surface area contributed by atoms with Crippen LogP contribution in [0, 0.1) is 5.92 Å². The first-order valence-electron chi connectivity index (χ1n) is 9.49. The molecule has 0 bridgehead atoms. The Hall–Kier alpha value is -1.08. The van der Waals surface area contributed by atoms with Gasteiger partial charge in [-0.3, -0.25) is 9.97 Å². The van der Waals surface area contributed by atoms with Gasteiger partial charge >= 0.3 is 0 Å². The van der Waals surface area contributed by atoms with Crippen molar-refractivity contribution < 1.29 is 9.84 Å². The van der Waals surface area contributed by atoms with E-state index in [1.165, 1.54) is 12.8 Å². The second-order valence-electron chi connectivity index (χ2n) is 8.00. The molecule has 0 amide bonds. The Morgan fingerprint density at radius 3 is 2.40 bits per heavy atom. The highest BCUT2D eigenvalue weighted by Gasteiger charge is 2.33.